The number of aromatic nitrogens is 4. The molecule has 3 rings (SSSR count). The van der Waals surface area contributed by atoms with Gasteiger partial charge in [0.2, 0.25) is 0 Å². The number of nitrogens with two attached hydrogens (primary N) is 1. The van der Waals surface area contributed by atoms with Crippen molar-refractivity contribution in [2.75, 3.05) is 12.3 Å². The Bertz CT molecular complexity index is 574. The van der Waals surface area contributed by atoms with Crippen molar-refractivity contribution in [3.63, 3.8) is 0 Å². The van der Waals surface area contributed by atoms with Crippen molar-refractivity contribution >= 4 is 5.69 Å². The second-order valence-corrected chi connectivity index (χ2v) is 4.84. The van der Waals surface area contributed by atoms with Gasteiger partial charge < -0.3 is 10.5 Å². The van der Waals surface area contributed by atoms with E-state index in [1.807, 2.05) is 25.1 Å². The summed E-state index contributed by atoms with van der Waals surface area (Å²) >= 11 is 0. The minimum absolute atomic E-state index is 0.212. The Morgan fingerprint density at radius 2 is 2.37 bits per heavy atom. The molecule has 1 unspecified atom stereocenters. The average molecular weight is 259 g/mol. The molecule has 1 aliphatic rings. The van der Waals surface area contributed by atoms with Gasteiger partial charge in [-0.05, 0) is 41.8 Å². The number of anilines is 1. The smallest absolute Gasteiger partial charge is 0.182 e. The maximum atomic E-state index is 5.94. The minimum Gasteiger partial charge on any atom is -0.398 e. The molecule has 0 amide bonds. The largest absolute Gasteiger partial charge is 0.398 e. The molecule has 2 heterocycles. The zero-order valence-corrected chi connectivity index (χ0v) is 10.9. The maximum absolute atomic E-state index is 5.94. The second-order valence-electron chi connectivity index (χ2n) is 4.84. The molecule has 100 valence electrons. The highest BCUT2D eigenvalue weighted by Crippen LogP contribution is 2.25. The van der Waals surface area contributed by atoms with Crippen LogP contribution >= 0.6 is 0 Å². The summed E-state index contributed by atoms with van der Waals surface area (Å²) in [5.41, 5.74) is 8.67. The van der Waals surface area contributed by atoms with E-state index in [2.05, 4.69) is 15.5 Å². The summed E-state index contributed by atoms with van der Waals surface area (Å²) in [6.07, 6.45) is 2.39. The first-order valence-electron chi connectivity index (χ1n) is 6.49. The van der Waals surface area contributed by atoms with Gasteiger partial charge in [-0.3, -0.25) is 0 Å². The molecule has 1 aliphatic heterocycles. The second kappa shape index (κ2) is 4.97. The Kier molecular flexibility index (Phi) is 3.16. The van der Waals surface area contributed by atoms with E-state index in [4.69, 9.17) is 10.5 Å². The van der Waals surface area contributed by atoms with E-state index in [1.54, 1.807) is 4.68 Å². The average Bonchev–Trinajstić information content (AvgIpc) is 3.05. The van der Waals surface area contributed by atoms with Gasteiger partial charge in [-0.1, -0.05) is 12.1 Å². The highest BCUT2D eigenvalue weighted by Gasteiger charge is 2.20. The molecule has 1 saturated heterocycles. The molecule has 2 aromatic rings. The summed E-state index contributed by atoms with van der Waals surface area (Å²) in [4.78, 5) is 0. The first-order valence-corrected chi connectivity index (χ1v) is 6.49. The monoisotopic (exact) mass is 259 g/mol. The molecular formula is C13H17N5O. The van der Waals surface area contributed by atoms with Gasteiger partial charge >= 0.3 is 0 Å². The first-order chi connectivity index (χ1) is 9.25. The van der Waals surface area contributed by atoms with Crippen LogP contribution < -0.4 is 5.73 Å². The number of hydrogen-bond acceptors (Lipinski definition) is 5. The molecule has 0 radical (unpaired) electrons. The lowest BCUT2D eigenvalue weighted by Gasteiger charge is -2.12. The van der Waals surface area contributed by atoms with Crippen molar-refractivity contribution < 1.29 is 4.74 Å². The van der Waals surface area contributed by atoms with Crippen molar-refractivity contribution in [3.8, 4) is 11.4 Å². The van der Waals surface area contributed by atoms with Crippen LogP contribution in [-0.2, 0) is 11.3 Å². The van der Waals surface area contributed by atoms with E-state index >= 15 is 0 Å². The van der Waals surface area contributed by atoms with Crippen molar-refractivity contribution in [1.29, 1.82) is 0 Å². The Morgan fingerprint density at radius 3 is 3.16 bits per heavy atom. The summed E-state index contributed by atoms with van der Waals surface area (Å²) in [7, 11) is 0. The molecule has 1 aromatic carbocycles. The van der Waals surface area contributed by atoms with E-state index in [-0.39, 0.29) is 6.10 Å². The number of rotatable bonds is 3. The number of ether oxygens (including phenoxy) is 1. The molecular weight excluding hydrogens is 242 g/mol. The van der Waals surface area contributed by atoms with Crippen molar-refractivity contribution in [3.05, 3.63) is 23.8 Å². The normalized spacial score (nSPS) is 18.9. The number of nitrogen functional groups attached to an aromatic ring is 1. The number of nitrogens with zero attached hydrogens (tertiary/aromatic N) is 4. The third-order valence-corrected chi connectivity index (χ3v) is 3.55. The fraction of sp³-hybridized carbons (Fsp3) is 0.462. The SMILES string of the molecule is Cc1c(N)cccc1-c1nnnn1CC1CCCO1. The van der Waals surface area contributed by atoms with Crippen LogP contribution in [0, 0.1) is 6.92 Å². The summed E-state index contributed by atoms with van der Waals surface area (Å²) in [6, 6.07) is 5.79. The Hall–Kier alpha value is -1.95. The summed E-state index contributed by atoms with van der Waals surface area (Å²) in [5.74, 6) is 0.750. The molecule has 1 atom stereocenters. The summed E-state index contributed by atoms with van der Waals surface area (Å²) in [6.45, 7) is 3.51. The van der Waals surface area contributed by atoms with Crippen LogP contribution in [0.3, 0.4) is 0 Å². The van der Waals surface area contributed by atoms with Gasteiger partial charge in [0.25, 0.3) is 0 Å². The Morgan fingerprint density at radius 1 is 1.47 bits per heavy atom. The lowest BCUT2D eigenvalue weighted by molar-refractivity contribution is 0.0939. The van der Waals surface area contributed by atoms with Crippen molar-refractivity contribution in [2.24, 2.45) is 0 Å². The van der Waals surface area contributed by atoms with Gasteiger partial charge in [0.15, 0.2) is 5.82 Å². The summed E-state index contributed by atoms with van der Waals surface area (Å²) in [5, 5.41) is 12.0. The van der Waals surface area contributed by atoms with Gasteiger partial charge in [0, 0.05) is 17.9 Å². The lowest BCUT2D eigenvalue weighted by Crippen LogP contribution is -2.17. The predicted octanol–water partition coefficient (Wildman–Crippen LogP) is 1.41. The minimum atomic E-state index is 0.212. The molecule has 0 aliphatic carbocycles. The van der Waals surface area contributed by atoms with Gasteiger partial charge in [0.05, 0.1) is 12.6 Å². The van der Waals surface area contributed by atoms with Crippen LogP contribution in [0.4, 0.5) is 5.69 Å². The highest BCUT2D eigenvalue weighted by molar-refractivity contribution is 5.67. The first kappa shape index (κ1) is 12.1. The predicted molar refractivity (Wildman–Crippen MR) is 71.4 cm³/mol. The number of hydrogen-bond donors (Lipinski definition) is 1. The Labute approximate surface area is 111 Å². The van der Waals surface area contributed by atoms with Gasteiger partial charge in [-0.2, -0.15) is 0 Å². The molecule has 2 N–H and O–H groups in total. The van der Waals surface area contributed by atoms with E-state index in [0.29, 0.717) is 6.54 Å². The summed E-state index contributed by atoms with van der Waals surface area (Å²) < 4.78 is 7.43. The van der Waals surface area contributed by atoms with Crippen LogP contribution in [0.15, 0.2) is 18.2 Å². The quantitative estimate of drug-likeness (QED) is 0.843. The van der Waals surface area contributed by atoms with Crippen molar-refractivity contribution in [2.45, 2.75) is 32.4 Å². The third kappa shape index (κ3) is 2.31. The molecule has 6 heteroatoms. The highest BCUT2D eigenvalue weighted by atomic mass is 16.5. The molecule has 1 aromatic heterocycles. The van der Waals surface area contributed by atoms with Crippen LogP contribution in [0.1, 0.15) is 18.4 Å². The third-order valence-electron chi connectivity index (χ3n) is 3.55. The number of benzene rings is 1. The standard InChI is InChI=1S/C13H17N5O/c1-9-11(5-2-6-12(9)14)13-15-16-17-18(13)8-10-4-3-7-19-10/h2,5-6,10H,3-4,7-8,14H2,1H3. The van der Waals surface area contributed by atoms with Crippen LogP contribution in [-0.4, -0.2) is 32.9 Å². The topological polar surface area (TPSA) is 78.9 Å². The van der Waals surface area contributed by atoms with Crippen LogP contribution in [0.25, 0.3) is 11.4 Å². The molecule has 6 nitrogen and oxygen atoms in total. The van der Waals surface area contributed by atoms with Crippen LogP contribution in [0.5, 0.6) is 0 Å². The van der Waals surface area contributed by atoms with E-state index in [0.717, 1.165) is 42.1 Å². The van der Waals surface area contributed by atoms with E-state index in [1.165, 1.54) is 0 Å². The van der Waals surface area contributed by atoms with Crippen LogP contribution in [0.2, 0.25) is 0 Å². The zero-order valence-electron chi connectivity index (χ0n) is 10.9. The fourth-order valence-corrected chi connectivity index (χ4v) is 2.40. The molecule has 0 bridgehead atoms. The zero-order chi connectivity index (χ0) is 13.2. The van der Waals surface area contributed by atoms with E-state index < -0.39 is 0 Å². The van der Waals surface area contributed by atoms with Crippen molar-refractivity contribution in [1.82, 2.24) is 20.2 Å². The van der Waals surface area contributed by atoms with E-state index in [9.17, 15) is 0 Å². The van der Waals surface area contributed by atoms with Gasteiger partial charge in [-0.25, -0.2) is 4.68 Å². The number of tetrazole rings is 1. The Balaban J connectivity index is 1.92. The van der Waals surface area contributed by atoms with Gasteiger partial charge in [-0.15, -0.1) is 5.10 Å². The van der Waals surface area contributed by atoms with Gasteiger partial charge in [0.1, 0.15) is 0 Å². The molecule has 1 fully saturated rings. The molecule has 0 spiro atoms. The lowest BCUT2D eigenvalue weighted by atomic mass is 10.1. The molecule has 0 saturated carbocycles. The fourth-order valence-electron chi connectivity index (χ4n) is 2.40. The maximum Gasteiger partial charge on any atom is 0.182 e. The molecule has 19 heavy (non-hydrogen) atoms.